The van der Waals surface area contributed by atoms with Crippen LogP contribution in [0.25, 0.3) is 6.08 Å². The summed E-state index contributed by atoms with van der Waals surface area (Å²) >= 11 is 3.47. The van der Waals surface area contributed by atoms with E-state index in [9.17, 15) is 10.1 Å². The molecule has 0 saturated heterocycles. The van der Waals surface area contributed by atoms with Crippen LogP contribution < -0.4 is 14.8 Å². The largest absolute Gasteiger partial charge is 0.493 e. The van der Waals surface area contributed by atoms with Crippen LogP contribution in [0.1, 0.15) is 30.5 Å². The quantitative estimate of drug-likeness (QED) is 0.479. The molecule has 0 heterocycles. The molecule has 0 aliphatic rings. The maximum Gasteiger partial charge on any atom is 0.266 e. The number of benzene rings is 2. The lowest BCUT2D eigenvalue weighted by Crippen LogP contribution is -2.14. The van der Waals surface area contributed by atoms with E-state index in [0.717, 1.165) is 11.1 Å². The van der Waals surface area contributed by atoms with Gasteiger partial charge in [-0.15, -0.1) is 0 Å². The minimum absolute atomic E-state index is 0.00705. The number of carbonyl (C=O) groups is 1. The number of methoxy groups -OCH3 is 1. The van der Waals surface area contributed by atoms with E-state index < -0.39 is 5.91 Å². The minimum Gasteiger partial charge on any atom is -0.493 e. The molecule has 2 aromatic carbocycles. The highest BCUT2D eigenvalue weighted by Gasteiger charge is 2.15. The number of nitrogens with one attached hydrogen (secondary N) is 1. The zero-order valence-electron chi connectivity index (χ0n) is 16.6. The van der Waals surface area contributed by atoms with Crippen LogP contribution in [-0.2, 0) is 4.79 Å². The molecule has 2 rings (SSSR count). The first-order valence-corrected chi connectivity index (χ1v) is 9.59. The third-order valence-electron chi connectivity index (χ3n) is 4.13. The Kier molecular flexibility index (Phi) is 7.24. The second-order valence-corrected chi connectivity index (χ2v) is 7.43. The predicted molar refractivity (Wildman–Crippen MR) is 115 cm³/mol. The van der Waals surface area contributed by atoms with E-state index in [-0.39, 0.29) is 11.7 Å². The molecule has 0 aliphatic carbocycles. The molecule has 0 radical (unpaired) electrons. The summed E-state index contributed by atoms with van der Waals surface area (Å²) in [6.45, 7) is 7.74. The molecule has 5 nitrogen and oxygen atoms in total. The first-order chi connectivity index (χ1) is 13.3. The van der Waals surface area contributed by atoms with Crippen molar-refractivity contribution in [1.82, 2.24) is 0 Å². The van der Waals surface area contributed by atoms with E-state index in [2.05, 4.69) is 21.2 Å². The van der Waals surface area contributed by atoms with Crippen molar-refractivity contribution in [3.05, 3.63) is 57.1 Å². The van der Waals surface area contributed by atoms with Gasteiger partial charge in [-0.1, -0.05) is 12.1 Å². The molecule has 1 N–H and O–H groups in total. The summed E-state index contributed by atoms with van der Waals surface area (Å²) in [6.07, 6.45) is 1.50. The number of rotatable bonds is 6. The molecule has 0 fully saturated rings. The summed E-state index contributed by atoms with van der Waals surface area (Å²) in [4.78, 5) is 12.6. The highest BCUT2D eigenvalue weighted by molar-refractivity contribution is 9.10. The van der Waals surface area contributed by atoms with Crippen molar-refractivity contribution in [2.45, 2.75) is 33.8 Å². The van der Waals surface area contributed by atoms with E-state index in [1.807, 2.05) is 52.0 Å². The molecule has 0 saturated carbocycles. The maximum absolute atomic E-state index is 12.6. The number of hydrogen-bond acceptors (Lipinski definition) is 4. The van der Waals surface area contributed by atoms with Gasteiger partial charge in [0.15, 0.2) is 11.5 Å². The van der Waals surface area contributed by atoms with Crippen molar-refractivity contribution < 1.29 is 14.3 Å². The topological polar surface area (TPSA) is 71.3 Å². The smallest absolute Gasteiger partial charge is 0.266 e. The van der Waals surface area contributed by atoms with Crippen molar-refractivity contribution in [3.8, 4) is 17.6 Å². The molecule has 1 amide bonds. The van der Waals surface area contributed by atoms with Crippen molar-refractivity contribution >= 4 is 33.6 Å². The van der Waals surface area contributed by atoms with Gasteiger partial charge in [0.25, 0.3) is 5.91 Å². The van der Waals surface area contributed by atoms with Gasteiger partial charge in [-0.3, -0.25) is 4.79 Å². The van der Waals surface area contributed by atoms with Crippen LogP contribution in [0.5, 0.6) is 11.5 Å². The molecular formula is C22H23BrN2O3. The number of anilines is 1. The summed E-state index contributed by atoms with van der Waals surface area (Å²) < 4.78 is 11.8. The van der Waals surface area contributed by atoms with Gasteiger partial charge >= 0.3 is 0 Å². The first-order valence-electron chi connectivity index (χ1n) is 8.80. The lowest BCUT2D eigenvalue weighted by Gasteiger charge is -2.16. The Morgan fingerprint density at radius 1 is 1.29 bits per heavy atom. The van der Waals surface area contributed by atoms with E-state index in [0.29, 0.717) is 27.2 Å². The number of ether oxygens (including phenoxy) is 2. The fraction of sp³-hybridized carbons (Fsp3) is 0.273. The molecule has 0 unspecified atom stereocenters. The van der Waals surface area contributed by atoms with Crippen LogP contribution in [0.3, 0.4) is 0 Å². The van der Waals surface area contributed by atoms with Crippen LogP contribution in [0.15, 0.2) is 40.4 Å². The first kappa shape index (κ1) is 21.5. The molecule has 0 atom stereocenters. The second kappa shape index (κ2) is 9.43. The van der Waals surface area contributed by atoms with Gasteiger partial charge in [0.1, 0.15) is 11.6 Å². The third-order valence-corrected chi connectivity index (χ3v) is 4.72. The summed E-state index contributed by atoms with van der Waals surface area (Å²) in [5.74, 6) is 0.628. The molecule has 6 heteroatoms. The van der Waals surface area contributed by atoms with E-state index >= 15 is 0 Å². The van der Waals surface area contributed by atoms with Gasteiger partial charge in [0, 0.05) is 5.69 Å². The van der Waals surface area contributed by atoms with Gasteiger partial charge in [-0.05, 0) is 84.6 Å². The van der Waals surface area contributed by atoms with Crippen molar-refractivity contribution in [3.63, 3.8) is 0 Å². The molecule has 28 heavy (non-hydrogen) atoms. The standard InChI is InChI=1S/C22H23BrN2O3/c1-13(2)28-21-18(23)10-16(11-20(21)27-5)9-17(12-24)22(26)25-19-8-6-7-14(3)15(19)4/h6-11,13H,1-5H3,(H,25,26)/b17-9+. The Balaban J connectivity index is 2.36. The van der Waals surface area contributed by atoms with Gasteiger partial charge in [0.2, 0.25) is 0 Å². The van der Waals surface area contributed by atoms with E-state index in [1.165, 1.54) is 6.08 Å². The maximum atomic E-state index is 12.6. The molecule has 146 valence electrons. The third kappa shape index (κ3) is 5.14. The monoisotopic (exact) mass is 442 g/mol. The Hall–Kier alpha value is -2.78. The number of nitriles is 1. The average Bonchev–Trinajstić information content (AvgIpc) is 2.64. The number of amides is 1. The van der Waals surface area contributed by atoms with Crippen LogP contribution in [-0.4, -0.2) is 19.1 Å². The zero-order valence-corrected chi connectivity index (χ0v) is 18.2. The molecule has 0 bridgehead atoms. The fourth-order valence-electron chi connectivity index (χ4n) is 2.56. The van der Waals surface area contributed by atoms with Crippen molar-refractivity contribution in [2.24, 2.45) is 0 Å². The highest BCUT2D eigenvalue weighted by atomic mass is 79.9. The van der Waals surface area contributed by atoms with Gasteiger partial charge in [0.05, 0.1) is 17.7 Å². The Morgan fingerprint density at radius 3 is 2.61 bits per heavy atom. The predicted octanol–water partition coefficient (Wildman–Crippen LogP) is 5.41. The van der Waals surface area contributed by atoms with Gasteiger partial charge < -0.3 is 14.8 Å². The number of halogens is 1. The molecule has 2 aromatic rings. The molecule has 0 spiro atoms. The number of aryl methyl sites for hydroxylation is 1. The molecule has 0 aliphatic heterocycles. The number of hydrogen-bond donors (Lipinski definition) is 1. The normalized spacial score (nSPS) is 11.1. The Bertz CT molecular complexity index is 959. The minimum atomic E-state index is -0.464. The molecule has 0 aromatic heterocycles. The summed E-state index contributed by atoms with van der Waals surface area (Å²) in [5.41, 5.74) is 3.35. The van der Waals surface area contributed by atoms with Crippen molar-refractivity contribution in [2.75, 3.05) is 12.4 Å². The Morgan fingerprint density at radius 2 is 2.00 bits per heavy atom. The average molecular weight is 443 g/mol. The fourth-order valence-corrected chi connectivity index (χ4v) is 3.12. The van der Waals surface area contributed by atoms with Crippen LogP contribution in [0.4, 0.5) is 5.69 Å². The number of carbonyl (C=O) groups excluding carboxylic acids is 1. The van der Waals surface area contributed by atoms with Crippen LogP contribution >= 0.6 is 15.9 Å². The van der Waals surface area contributed by atoms with Crippen LogP contribution in [0.2, 0.25) is 0 Å². The summed E-state index contributed by atoms with van der Waals surface area (Å²) in [5, 5.41) is 12.3. The second-order valence-electron chi connectivity index (χ2n) is 6.57. The Labute approximate surface area is 174 Å². The van der Waals surface area contributed by atoms with E-state index in [1.54, 1.807) is 19.2 Å². The highest BCUT2D eigenvalue weighted by Crippen LogP contribution is 2.38. The zero-order chi connectivity index (χ0) is 20.8. The van der Waals surface area contributed by atoms with Gasteiger partial charge in [-0.2, -0.15) is 5.26 Å². The summed E-state index contributed by atoms with van der Waals surface area (Å²) in [7, 11) is 1.54. The lowest BCUT2D eigenvalue weighted by molar-refractivity contribution is -0.112. The van der Waals surface area contributed by atoms with Crippen LogP contribution in [0, 0.1) is 25.2 Å². The number of nitrogens with zero attached hydrogens (tertiary/aromatic N) is 1. The van der Waals surface area contributed by atoms with E-state index in [4.69, 9.17) is 9.47 Å². The molecular weight excluding hydrogens is 420 g/mol. The SMILES string of the molecule is COc1cc(/C=C(\C#N)C(=O)Nc2cccc(C)c2C)cc(Br)c1OC(C)C. The van der Waals surface area contributed by atoms with Gasteiger partial charge in [-0.25, -0.2) is 0 Å². The van der Waals surface area contributed by atoms with Crippen molar-refractivity contribution in [1.29, 1.82) is 5.26 Å². The lowest BCUT2D eigenvalue weighted by atomic mass is 10.1. The summed E-state index contributed by atoms with van der Waals surface area (Å²) in [6, 6.07) is 11.1.